The Morgan fingerprint density at radius 2 is 2.10 bits per heavy atom. The summed E-state index contributed by atoms with van der Waals surface area (Å²) in [5, 5.41) is 15.0. The van der Waals surface area contributed by atoms with Crippen molar-refractivity contribution >= 4 is 5.84 Å². The molecular formula is C14H23N3O4. The van der Waals surface area contributed by atoms with Gasteiger partial charge in [-0.2, -0.15) is 0 Å². The first kappa shape index (κ1) is 17.2. The van der Waals surface area contributed by atoms with Crippen LogP contribution in [0.1, 0.15) is 11.1 Å². The lowest BCUT2D eigenvalue weighted by atomic mass is 10.1. The van der Waals surface area contributed by atoms with E-state index in [1.165, 1.54) is 0 Å². The quantitative estimate of drug-likeness (QED) is 0.192. The van der Waals surface area contributed by atoms with Gasteiger partial charge in [-0.3, -0.25) is 0 Å². The Kier molecular flexibility index (Phi) is 8.18. The van der Waals surface area contributed by atoms with Gasteiger partial charge in [-0.1, -0.05) is 11.2 Å². The van der Waals surface area contributed by atoms with Crippen LogP contribution in [0.15, 0.2) is 23.4 Å². The molecule has 7 heteroatoms. The Balaban J connectivity index is 2.42. The van der Waals surface area contributed by atoms with Gasteiger partial charge < -0.3 is 30.5 Å². The molecule has 4 N–H and O–H groups in total. The van der Waals surface area contributed by atoms with E-state index in [-0.39, 0.29) is 5.84 Å². The lowest BCUT2D eigenvalue weighted by molar-refractivity contribution is 0.0719. The van der Waals surface area contributed by atoms with Crippen molar-refractivity contribution in [3.8, 4) is 5.75 Å². The van der Waals surface area contributed by atoms with E-state index in [2.05, 4.69) is 10.5 Å². The fraction of sp³-hybridized carbons (Fsp3) is 0.500. The van der Waals surface area contributed by atoms with Crippen molar-refractivity contribution in [2.45, 2.75) is 6.54 Å². The van der Waals surface area contributed by atoms with Crippen molar-refractivity contribution in [2.24, 2.45) is 10.9 Å². The summed E-state index contributed by atoms with van der Waals surface area (Å²) in [6.45, 7) is 3.25. The summed E-state index contributed by atoms with van der Waals surface area (Å²) in [7, 11) is 3.19. The average Bonchev–Trinajstić information content (AvgIpc) is 2.53. The van der Waals surface area contributed by atoms with Gasteiger partial charge in [0.15, 0.2) is 5.84 Å². The number of methoxy groups -OCH3 is 2. The zero-order chi connectivity index (χ0) is 15.5. The molecule has 0 unspecified atom stereocenters. The molecule has 0 radical (unpaired) electrons. The van der Waals surface area contributed by atoms with Crippen LogP contribution in [0, 0.1) is 0 Å². The number of rotatable bonds is 10. The maximum absolute atomic E-state index is 8.71. The van der Waals surface area contributed by atoms with Gasteiger partial charge in [0.25, 0.3) is 0 Å². The molecular weight excluding hydrogens is 274 g/mol. The molecule has 0 aliphatic heterocycles. The zero-order valence-electron chi connectivity index (χ0n) is 12.5. The molecule has 0 atom stereocenters. The summed E-state index contributed by atoms with van der Waals surface area (Å²) >= 11 is 0. The second-order valence-electron chi connectivity index (χ2n) is 4.30. The fourth-order valence-electron chi connectivity index (χ4n) is 1.73. The number of hydrogen-bond donors (Lipinski definition) is 3. The molecule has 0 spiro atoms. The minimum absolute atomic E-state index is 0.0258. The number of ether oxygens (including phenoxy) is 3. The number of benzene rings is 1. The van der Waals surface area contributed by atoms with Gasteiger partial charge in [-0.15, -0.1) is 0 Å². The number of nitrogens with zero attached hydrogens (tertiary/aromatic N) is 1. The molecule has 1 aromatic carbocycles. The normalized spacial score (nSPS) is 11.6. The van der Waals surface area contributed by atoms with E-state index in [1.54, 1.807) is 20.3 Å². The topological polar surface area (TPSA) is 98.3 Å². The van der Waals surface area contributed by atoms with Gasteiger partial charge in [-0.25, -0.2) is 0 Å². The number of hydrogen-bond acceptors (Lipinski definition) is 6. The van der Waals surface area contributed by atoms with Crippen LogP contribution in [0.2, 0.25) is 0 Å². The van der Waals surface area contributed by atoms with E-state index in [0.29, 0.717) is 37.7 Å². The molecule has 0 aliphatic carbocycles. The van der Waals surface area contributed by atoms with Crippen LogP contribution in [-0.2, 0) is 16.0 Å². The largest absolute Gasteiger partial charge is 0.496 e. The molecule has 1 rings (SSSR count). The first-order valence-electron chi connectivity index (χ1n) is 6.65. The van der Waals surface area contributed by atoms with Gasteiger partial charge in [0.05, 0.1) is 32.5 Å². The van der Waals surface area contributed by atoms with Crippen LogP contribution >= 0.6 is 0 Å². The molecule has 21 heavy (non-hydrogen) atoms. The van der Waals surface area contributed by atoms with Crippen molar-refractivity contribution in [3.63, 3.8) is 0 Å². The van der Waals surface area contributed by atoms with Crippen LogP contribution in [0.4, 0.5) is 0 Å². The molecule has 0 amide bonds. The molecule has 0 bridgehead atoms. The molecule has 7 nitrogen and oxygen atoms in total. The third-order valence-electron chi connectivity index (χ3n) is 2.83. The first-order valence-corrected chi connectivity index (χ1v) is 6.65. The third-order valence-corrected chi connectivity index (χ3v) is 2.83. The highest BCUT2D eigenvalue weighted by Gasteiger charge is 2.08. The van der Waals surface area contributed by atoms with Gasteiger partial charge in [0.2, 0.25) is 0 Å². The summed E-state index contributed by atoms with van der Waals surface area (Å²) in [6.07, 6.45) is 0. The summed E-state index contributed by atoms with van der Waals surface area (Å²) in [4.78, 5) is 0. The Labute approximate surface area is 124 Å². The van der Waals surface area contributed by atoms with Crippen molar-refractivity contribution in [1.82, 2.24) is 5.32 Å². The van der Waals surface area contributed by atoms with Crippen LogP contribution in [-0.4, -0.2) is 51.6 Å². The summed E-state index contributed by atoms with van der Waals surface area (Å²) in [5.41, 5.74) is 7.18. The van der Waals surface area contributed by atoms with Crippen LogP contribution < -0.4 is 15.8 Å². The Hall–Kier alpha value is -1.83. The molecule has 0 heterocycles. The van der Waals surface area contributed by atoms with Gasteiger partial charge in [-0.05, 0) is 17.7 Å². The second-order valence-corrected chi connectivity index (χ2v) is 4.30. The monoisotopic (exact) mass is 297 g/mol. The first-order chi connectivity index (χ1) is 10.2. The molecule has 118 valence electrons. The van der Waals surface area contributed by atoms with Crippen molar-refractivity contribution in [2.75, 3.05) is 40.6 Å². The van der Waals surface area contributed by atoms with Crippen LogP contribution in [0.25, 0.3) is 0 Å². The second kappa shape index (κ2) is 9.98. The van der Waals surface area contributed by atoms with Crippen molar-refractivity contribution in [3.05, 3.63) is 29.3 Å². The van der Waals surface area contributed by atoms with E-state index in [1.807, 2.05) is 12.1 Å². The minimum atomic E-state index is 0.0258. The summed E-state index contributed by atoms with van der Waals surface area (Å²) < 4.78 is 15.5. The highest BCUT2D eigenvalue weighted by atomic mass is 16.5. The Morgan fingerprint density at radius 3 is 2.76 bits per heavy atom. The summed E-state index contributed by atoms with van der Waals surface area (Å²) in [5.74, 6) is 0.596. The average molecular weight is 297 g/mol. The number of oxime groups is 1. The standard InChI is InChI=1S/C14H23N3O4/c1-19-7-8-21-6-5-16-10-11-3-4-12(14(15)17-18)13(9-11)20-2/h3-4,9,16,18H,5-8,10H2,1-2H3,(H2,15,17). The van der Waals surface area contributed by atoms with Crippen LogP contribution in [0.5, 0.6) is 5.75 Å². The molecule has 0 saturated carbocycles. The summed E-state index contributed by atoms with van der Waals surface area (Å²) in [6, 6.07) is 5.51. The number of amidine groups is 1. The maximum atomic E-state index is 8.71. The van der Waals surface area contributed by atoms with Crippen LogP contribution in [0.3, 0.4) is 0 Å². The predicted octanol–water partition coefficient (Wildman–Crippen LogP) is 0.542. The lowest BCUT2D eigenvalue weighted by Crippen LogP contribution is -2.20. The van der Waals surface area contributed by atoms with Gasteiger partial charge >= 0.3 is 0 Å². The minimum Gasteiger partial charge on any atom is -0.496 e. The van der Waals surface area contributed by atoms with E-state index >= 15 is 0 Å². The van der Waals surface area contributed by atoms with Gasteiger partial charge in [0, 0.05) is 20.2 Å². The highest BCUT2D eigenvalue weighted by Crippen LogP contribution is 2.19. The van der Waals surface area contributed by atoms with E-state index in [4.69, 9.17) is 25.2 Å². The smallest absolute Gasteiger partial charge is 0.173 e. The third kappa shape index (κ3) is 5.99. The fourth-order valence-corrected chi connectivity index (χ4v) is 1.73. The number of nitrogens with two attached hydrogens (primary N) is 1. The SMILES string of the molecule is COCCOCCNCc1ccc(/C(N)=N/O)c(OC)c1. The van der Waals surface area contributed by atoms with Crippen molar-refractivity contribution in [1.29, 1.82) is 0 Å². The predicted molar refractivity (Wildman–Crippen MR) is 79.9 cm³/mol. The Morgan fingerprint density at radius 1 is 1.29 bits per heavy atom. The molecule has 0 aromatic heterocycles. The maximum Gasteiger partial charge on any atom is 0.173 e. The molecule has 1 aromatic rings. The lowest BCUT2D eigenvalue weighted by Gasteiger charge is -2.10. The molecule has 0 aliphatic rings. The van der Waals surface area contributed by atoms with E-state index in [0.717, 1.165) is 12.1 Å². The highest BCUT2D eigenvalue weighted by molar-refractivity contribution is 5.99. The molecule has 0 saturated heterocycles. The number of nitrogens with one attached hydrogen (secondary N) is 1. The van der Waals surface area contributed by atoms with Crippen molar-refractivity contribution < 1.29 is 19.4 Å². The van der Waals surface area contributed by atoms with E-state index in [9.17, 15) is 0 Å². The van der Waals surface area contributed by atoms with Gasteiger partial charge in [0.1, 0.15) is 5.75 Å². The Bertz CT molecular complexity index is 452. The zero-order valence-corrected chi connectivity index (χ0v) is 12.5. The molecule has 0 fully saturated rings. The van der Waals surface area contributed by atoms with E-state index < -0.39 is 0 Å².